The number of alkyl halides is 3. The Morgan fingerprint density at radius 2 is 1.61 bits per heavy atom. The second kappa shape index (κ2) is 8.04. The molecular formula is C23H18F3N3O3S. The fraction of sp³-hybridized carbons (Fsp3) is 0.130. The summed E-state index contributed by atoms with van der Waals surface area (Å²) >= 11 is 0. The Morgan fingerprint density at radius 3 is 2.30 bits per heavy atom. The number of hydrogen-bond acceptors (Lipinski definition) is 4. The van der Waals surface area contributed by atoms with E-state index in [0.29, 0.717) is 34.0 Å². The van der Waals surface area contributed by atoms with Crippen LogP contribution in [0.15, 0.2) is 76.4 Å². The van der Waals surface area contributed by atoms with Crippen LogP contribution in [0.2, 0.25) is 0 Å². The largest absolute Gasteiger partial charge is 0.417 e. The molecule has 0 atom stereocenters. The summed E-state index contributed by atoms with van der Waals surface area (Å²) in [5.41, 5.74) is -0.0242. The molecule has 0 saturated carbocycles. The van der Waals surface area contributed by atoms with Crippen molar-refractivity contribution in [3.05, 3.63) is 94.0 Å². The minimum Gasteiger partial charge on any atom is -0.279 e. The molecule has 0 aliphatic carbocycles. The quantitative estimate of drug-likeness (QED) is 0.461. The topological polar surface area (TPSA) is 81.1 Å². The predicted molar refractivity (Wildman–Crippen MR) is 119 cm³/mol. The zero-order valence-electron chi connectivity index (χ0n) is 17.5. The predicted octanol–water partition coefficient (Wildman–Crippen LogP) is 4.82. The van der Waals surface area contributed by atoms with E-state index in [0.717, 1.165) is 12.1 Å². The van der Waals surface area contributed by atoms with Gasteiger partial charge in [0.2, 0.25) is 0 Å². The van der Waals surface area contributed by atoms with Crippen molar-refractivity contribution >= 4 is 26.6 Å². The molecular weight excluding hydrogens is 455 g/mol. The van der Waals surface area contributed by atoms with Crippen LogP contribution in [0.1, 0.15) is 17.0 Å². The van der Waals surface area contributed by atoms with Gasteiger partial charge >= 0.3 is 6.18 Å². The van der Waals surface area contributed by atoms with Gasteiger partial charge in [-0.1, -0.05) is 24.3 Å². The van der Waals surface area contributed by atoms with Crippen molar-refractivity contribution in [3.63, 3.8) is 0 Å². The number of halogens is 3. The molecule has 0 bridgehead atoms. The molecule has 10 heteroatoms. The molecule has 1 heterocycles. The summed E-state index contributed by atoms with van der Waals surface area (Å²) < 4.78 is 69.0. The van der Waals surface area contributed by atoms with Crippen molar-refractivity contribution < 1.29 is 21.6 Å². The van der Waals surface area contributed by atoms with Gasteiger partial charge in [0, 0.05) is 0 Å². The summed E-state index contributed by atoms with van der Waals surface area (Å²) in [4.78, 5) is 16.6. The standard InChI is InChI=1S/C23H18F3N3O3S/c1-14-13-16(29-15(2)27-20-9-5-3-7-17(20)22(29)30)11-12-19(14)28-33(31,32)21-10-6-4-8-18(21)23(24,25)26/h3-13,28H,1-2H3. The molecule has 170 valence electrons. The van der Waals surface area contributed by atoms with E-state index in [1.807, 2.05) is 0 Å². The highest BCUT2D eigenvalue weighted by Crippen LogP contribution is 2.35. The number of aryl methyl sites for hydroxylation is 2. The van der Waals surface area contributed by atoms with E-state index in [9.17, 15) is 26.4 Å². The Balaban J connectivity index is 1.75. The van der Waals surface area contributed by atoms with Gasteiger partial charge in [-0.25, -0.2) is 13.4 Å². The highest BCUT2D eigenvalue weighted by Gasteiger charge is 2.37. The van der Waals surface area contributed by atoms with Crippen molar-refractivity contribution in [1.29, 1.82) is 0 Å². The van der Waals surface area contributed by atoms with Gasteiger partial charge in [0.25, 0.3) is 15.6 Å². The van der Waals surface area contributed by atoms with Gasteiger partial charge in [-0.05, 0) is 61.9 Å². The average molecular weight is 473 g/mol. The van der Waals surface area contributed by atoms with Crippen molar-refractivity contribution in [2.75, 3.05) is 4.72 Å². The lowest BCUT2D eigenvalue weighted by molar-refractivity contribution is -0.139. The Morgan fingerprint density at radius 1 is 0.939 bits per heavy atom. The lowest BCUT2D eigenvalue weighted by atomic mass is 10.1. The van der Waals surface area contributed by atoms with E-state index < -0.39 is 26.7 Å². The maximum absolute atomic E-state index is 13.3. The first-order valence-corrected chi connectivity index (χ1v) is 11.3. The van der Waals surface area contributed by atoms with E-state index in [1.165, 1.54) is 22.8 Å². The number of sulfonamides is 1. The number of para-hydroxylation sites is 1. The van der Waals surface area contributed by atoms with Crippen LogP contribution in [0.25, 0.3) is 16.6 Å². The van der Waals surface area contributed by atoms with Gasteiger partial charge < -0.3 is 0 Å². The fourth-order valence-electron chi connectivity index (χ4n) is 3.58. The summed E-state index contributed by atoms with van der Waals surface area (Å²) in [6.45, 7) is 3.26. The van der Waals surface area contributed by atoms with E-state index >= 15 is 0 Å². The van der Waals surface area contributed by atoms with Crippen LogP contribution < -0.4 is 10.3 Å². The molecule has 0 saturated heterocycles. The highest BCUT2D eigenvalue weighted by molar-refractivity contribution is 7.92. The third-order valence-electron chi connectivity index (χ3n) is 5.14. The molecule has 4 aromatic rings. The SMILES string of the molecule is Cc1cc(-n2c(C)nc3ccccc3c2=O)ccc1NS(=O)(=O)c1ccccc1C(F)(F)F. The minimum atomic E-state index is -4.83. The maximum Gasteiger partial charge on any atom is 0.417 e. The molecule has 0 aliphatic rings. The van der Waals surface area contributed by atoms with Crippen molar-refractivity contribution in [3.8, 4) is 5.69 Å². The van der Waals surface area contributed by atoms with Crippen LogP contribution in [-0.4, -0.2) is 18.0 Å². The third-order valence-corrected chi connectivity index (χ3v) is 6.56. The summed E-state index contributed by atoms with van der Waals surface area (Å²) in [6.07, 6.45) is -4.83. The highest BCUT2D eigenvalue weighted by atomic mass is 32.2. The van der Waals surface area contributed by atoms with Gasteiger partial charge in [0.15, 0.2) is 0 Å². The maximum atomic E-state index is 13.3. The van der Waals surface area contributed by atoms with Crippen LogP contribution in [-0.2, 0) is 16.2 Å². The number of aromatic nitrogens is 2. The van der Waals surface area contributed by atoms with Crippen molar-refractivity contribution in [2.24, 2.45) is 0 Å². The molecule has 33 heavy (non-hydrogen) atoms. The van der Waals surface area contributed by atoms with Crippen LogP contribution in [0, 0.1) is 13.8 Å². The molecule has 1 aromatic heterocycles. The first-order valence-electron chi connectivity index (χ1n) is 9.77. The molecule has 0 fully saturated rings. The minimum absolute atomic E-state index is 0.0928. The van der Waals surface area contributed by atoms with Crippen LogP contribution in [0.4, 0.5) is 18.9 Å². The Kier molecular flexibility index (Phi) is 5.49. The average Bonchev–Trinajstić information content (AvgIpc) is 2.75. The van der Waals surface area contributed by atoms with Gasteiger partial charge in [0.05, 0.1) is 32.7 Å². The van der Waals surface area contributed by atoms with Crippen LogP contribution >= 0.6 is 0 Å². The van der Waals surface area contributed by atoms with Gasteiger partial charge in [-0.3, -0.25) is 14.1 Å². The second-order valence-electron chi connectivity index (χ2n) is 7.42. The smallest absolute Gasteiger partial charge is 0.279 e. The molecule has 0 unspecified atom stereocenters. The zero-order chi connectivity index (χ0) is 24.0. The number of nitrogens with zero attached hydrogens (tertiary/aromatic N) is 2. The molecule has 1 N–H and O–H groups in total. The number of nitrogens with one attached hydrogen (secondary N) is 1. The Labute approximate surface area is 187 Å². The number of anilines is 1. The summed E-state index contributed by atoms with van der Waals surface area (Å²) in [5.74, 6) is 0.436. The lowest BCUT2D eigenvalue weighted by Gasteiger charge is -2.17. The number of fused-ring (bicyclic) bond motifs is 1. The summed E-state index contributed by atoms with van der Waals surface area (Å²) in [7, 11) is -4.52. The van der Waals surface area contributed by atoms with E-state index in [4.69, 9.17) is 0 Å². The van der Waals surface area contributed by atoms with E-state index in [1.54, 1.807) is 44.2 Å². The fourth-order valence-corrected chi connectivity index (χ4v) is 4.94. The Hall–Kier alpha value is -3.66. The van der Waals surface area contributed by atoms with Gasteiger partial charge in [-0.2, -0.15) is 13.2 Å². The number of rotatable bonds is 4. The van der Waals surface area contributed by atoms with Crippen molar-refractivity contribution in [1.82, 2.24) is 9.55 Å². The van der Waals surface area contributed by atoms with Gasteiger partial charge in [-0.15, -0.1) is 0 Å². The summed E-state index contributed by atoms with van der Waals surface area (Å²) in [5, 5.41) is 0.425. The second-order valence-corrected chi connectivity index (χ2v) is 9.07. The first kappa shape index (κ1) is 22.5. The molecule has 0 aliphatic heterocycles. The molecule has 0 amide bonds. The lowest BCUT2D eigenvalue weighted by Crippen LogP contribution is -2.22. The van der Waals surface area contributed by atoms with Gasteiger partial charge in [0.1, 0.15) is 5.82 Å². The van der Waals surface area contributed by atoms with Crippen molar-refractivity contribution in [2.45, 2.75) is 24.9 Å². The molecule has 6 nitrogen and oxygen atoms in total. The van der Waals surface area contributed by atoms with Crippen LogP contribution in [0.5, 0.6) is 0 Å². The summed E-state index contributed by atoms with van der Waals surface area (Å²) in [6, 6.07) is 15.3. The third kappa shape index (κ3) is 4.21. The molecule has 3 aromatic carbocycles. The number of benzene rings is 3. The molecule has 0 spiro atoms. The molecule has 4 rings (SSSR count). The first-order chi connectivity index (χ1) is 15.5. The molecule has 0 radical (unpaired) electrons. The van der Waals surface area contributed by atoms with E-state index in [2.05, 4.69) is 9.71 Å². The Bertz CT molecular complexity index is 1540. The monoisotopic (exact) mass is 473 g/mol. The normalized spacial score (nSPS) is 12.2. The van der Waals surface area contributed by atoms with E-state index in [-0.39, 0.29) is 11.2 Å². The number of hydrogen-bond donors (Lipinski definition) is 1. The van der Waals surface area contributed by atoms with Crippen LogP contribution in [0.3, 0.4) is 0 Å². The zero-order valence-corrected chi connectivity index (χ0v) is 18.3.